The largest absolute Gasteiger partial charge is 0.332 e. The van der Waals surface area contributed by atoms with Gasteiger partial charge in [-0.15, -0.1) is 0 Å². The second kappa shape index (κ2) is 6.71. The highest BCUT2D eigenvalue weighted by Crippen LogP contribution is 2.23. The molecular weight excluding hydrogens is 335 g/mol. The molecule has 0 aliphatic carbocycles. The van der Waals surface area contributed by atoms with Crippen LogP contribution >= 0.6 is 23.2 Å². The Hall–Kier alpha value is -1.88. The predicted molar refractivity (Wildman–Crippen MR) is 89.4 cm³/mol. The van der Waals surface area contributed by atoms with Gasteiger partial charge in [0.25, 0.3) is 5.91 Å². The quantitative estimate of drug-likeness (QED) is 0.861. The van der Waals surface area contributed by atoms with Gasteiger partial charge in [0.1, 0.15) is 6.54 Å². The average molecular weight is 350 g/mol. The number of nitrogens with zero attached hydrogens (tertiary/aromatic N) is 1. The van der Waals surface area contributed by atoms with Gasteiger partial charge in [0.2, 0.25) is 5.91 Å². The number of hydrogen-bond acceptors (Lipinski definition) is 2. The summed E-state index contributed by atoms with van der Waals surface area (Å²) in [7, 11) is 0. The Kier molecular flexibility index (Phi) is 4.66. The van der Waals surface area contributed by atoms with Crippen molar-refractivity contribution in [2.75, 3.05) is 4.90 Å². The molecule has 1 atom stereocenters. The van der Waals surface area contributed by atoms with Gasteiger partial charge in [-0.1, -0.05) is 47.5 Å². The number of imide groups is 1. The van der Waals surface area contributed by atoms with E-state index in [0.717, 1.165) is 5.56 Å². The van der Waals surface area contributed by atoms with Crippen molar-refractivity contribution in [2.45, 2.75) is 19.0 Å². The van der Waals surface area contributed by atoms with E-state index in [0.29, 0.717) is 22.3 Å². The number of amides is 2. The van der Waals surface area contributed by atoms with Crippen molar-refractivity contribution in [3.05, 3.63) is 64.1 Å². The van der Waals surface area contributed by atoms with Gasteiger partial charge < -0.3 is 5.32 Å². The molecule has 3 rings (SSSR count). The van der Waals surface area contributed by atoms with Gasteiger partial charge in [0, 0.05) is 5.56 Å². The molecule has 118 valence electrons. The first kappa shape index (κ1) is 16.0. The molecule has 2 aromatic rings. The number of rotatable bonds is 4. The van der Waals surface area contributed by atoms with E-state index in [1.807, 2.05) is 29.6 Å². The molecule has 0 saturated carbocycles. The summed E-state index contributed by atoms with van der Waals surface area (Å²) in [5, 5.41) is 2.85. The van der Waals surface area contributed by atoms with Gasteiger partial charge in [0.05, 0.1) is 22.2 Å². The third-order valence-corrected chi connectivity index (χ3v) is 4.56. The maximum Gasteiger partial charge on any atom is 0.292 e. The lowest BCUT2D eigenvalue weighted by molar-refractivity contribution is -0.690. The zero-order valence-electron chi connectivity index (χ0n) is 12.2. The monoisotopic (exact) mass is 349 g/mol. The Morgan fingerprint density at radius 2 is 1.78 bits per heavy atom. The van der Waals surface area contributed by atoms with Crippen LogP contribution in [-0.2, 0) is 16.1 Å². The summed E-state index contributed by atoms with van der Waals surface area (Å²) in [6.45, 7) is 0.559. The van der Waals surface area contributed by atoms with E-state index in [1.54, 1.807) is 24.3 Å². The summed E-state index contributed by atoms with van der Waals surface area (Å²) in [5.74, 6) is -0.349. The molecule has 2 aromatic carbocycles. The summed E-state index contributed by atoms with van der Waals surface area (Å²) < 4.78 is 0. The van der Waals surface area contributed by atoms with Crippen molar-refractivity contribution in [1.82, 2.24) is 0 Å². The van der Waals surface area contributed by atoms with Crippen LogP contribution in [0.5, 0.6) is 0 Å². The fraction of sp³-hybridized carbons (Fsp3) is 0.176. The molecule has 1 heterocycles. The van der Waals surface area contributed by atoms with E-state index in [9.17, 15) is 9.59 Å². The van der Waals surface area contributed by atoms with Gasteiger partial charge in [-0.05, 0) is 24.3 Å². The van der Waals surface area contributed by atoms with Gasteiger partial charge in [0.15, 0.2) is 6.04 Å². The number of nitrogens with two attached hydrogens (primary N) is 1. The maximum absolute atomic E-state index is 12.5. The smallest absolute Gasteiger partial charge is 0.292 e. The van der Waals surface area contributed by atoms with Crippen molar-refractivity contribution in [3.8, 4) is 0 Å². The van der Waals surface area contributed by atoms with Crippen LogP contribution in [0.1, 0.15) is 12.0 Å². The van der Waals surface area contributed by atoms with Crippen LogP contribution in [0.2, 0.25) is 10.0 Å². The number of quaternary nitrogens is 1. The van der Waals surface area contributed by atoms with Crippen LogP contribution < -0.4 is 10.2 Å². The summed E-state index contributed by atoms with van der Waals surface area (Å²) in [6.07, 6.45) is 0.203. The van der Waals surface area contributed by atoms with Crippen molar-refractivity contribution >= 4 is 40.7 Å². The molecule has 4 nitrogen and oxygen atoms in total. The number of carbonyl (C=O) groups excluding carboxylic acids is 2. The zero-order valence-corrected chi connectivity index (χ0v) is 13.7. The van der Waals surface area contributed by atoms with Crippen LogP contribution in [-0.4, -0.2) is 17.9 Å². The minimum absolute atomic E-state index is 0.170. The molecule has 1 aliphatic rings. The normalized spacial score (nSPS) is 17.8. The highest BCUT2D eigenvalue weighted by Gasteiger charge is 2.42. The van der Waals surface area contributed by atoms with E-state index >= 15 is 0 Å². The summed E-state index contributed by atoms with van der Waals surface area (Å²) in [6, 6.07) is 13.9. The van der Waals surface area contributed by atoms with Crippen LogP contribution in [0, 0.1) is 0 Å². The first-order valence-electron chi connectivity index (χ1n) is 7.25. The van der Waals surface area contributed by atoms with Crippen molar-refractivity contribution in [2.24, 2.45) is 0 Å². The molecule has 0 unspecified atom stereocenters. The molecule has 23 heavy (non-hydrogen) atoms. The maximum atomic E-state index is 12.5. The lowest BCUT2D eigenvalue weighted by Crippen LogP contribution is -2.90. The summed E-state index contributed by atoms with van der Waals surface area (Å²) in [5.41, 5.74) is 1.57. The molecular formula is C17H15Cl2N2O2+. The second-order valence-electron chi connectivity index (χ2n) is 5.40. The highest BCUT2D eigenvalue weighted by molar-refractivity contribution is 6.42. The molecule has 0 bridgehead atoms. The number of hydrogen-bond donors (Lipinski definition) is 1. The Morgan fingerprint density at radius 1 is 1.04 bits per heavy atom. The Labute approximate surface area is 144 Å². The number of halogens is 2. The first-order chi connectivity index (χ1) is 11.1. The highest BCUT2D eigenvalue weighted by atomic mass is 35.5. The number of carbonyl (C=O) groups is 2. The fourth-order valence-electron chi connectivity index (χ4n) is 2.63. The lowest BCUT2D eigenvalue weighted by atomic mass is 10.2. The molecule has 0 spiro atoms. The Bertz CT molecular complexity index is 750. The fourth-order valence-corrected chi connectivity index (χ4v) is 2.95. The van der Waals surface area contributed by atoms with Crippen molar-refractivity contribution < 1.29 is 14.9 Å². The number of benzene rings is 2. The van der Waals surface area contributed by atoms with E-state index in [-0.39, 0.29) is 18.2 Å². The third-order valence-electron chi connectivity index (χ3n) is 3.82. The zero-order chi connectivity index (χ0) is 16.4. The SMILES string of the molecule is O=C1C[C@H]([NH2+]Cc2ccc(Cl)c(Cl)c2)C(=O)N1c1ccccc1. The van der Waals surface area contributed by atoms with Gasteiger partial charge in [-0.25, -0.2) is 4.90 Å². The van der Waals surface area contributed by atoms with E-state index in [1.165, 1.54) is 4.90 Å². The standard InChI is InChI=1S/C17H14Cl2N2O2/c18-13-7-6-11(8-14(13)19)10-20-15-9-16(22)21(17(15)23)12-4-2-1-3-5-12/h1-8,15,20H,9-10H2/p+1/t15-/m0/s1. The lowest BCUT2D eigenvalue weighted by Gasteiger charge is -2.14. The van der Waals surface area contributed by atoms with Crippen molar-refractivity contribution in [1.29, 1.82) is 0 Å². The summed E-state index contributed by atoms with van der Waals surface area (Å²) >= 11 is 11.9. The minimum Gasteiger partial charge on any atom is -0.332 e. The molecule has 6 heteroatoms. The molecule has 1 fully saturated rings. The molecule has 1 aliphatic heterocycles. The van der Waals surface area contributed by atoms with Crippen molar-refractivity contribution in [3.63, 3.8) is 0 Å². The molecule has 1 saturated heterocycles. The van der Waals surface area contributed by atoms with Gasteiger partial charge >= 0.3 is 0 Å². The van der Waals surface area contributed by atoms with E-state index in [2.05, 4.69) is 0 Å². The minimum atomic E-state index is -0.405. The van der Waals surface area contributed by atoms with E-state index in [4.69, 9.17) is 23.2 Å². The van der Waals surface area contributed by atoms with Crippen LogP contribution in [0.25, 0.3) is 0 Å². The first-order valence-corrected chi connectivity index (χ1v) is 8.01. The Morgan fingerprint density at radius 3 is 2.48 bits per heavy atom. The number of anilines is 1. The topological polar surface area (TPSA) is 54.0 Å². The third kappa shape index (κ3) is 3.39. The molecule has 2 amide bonds. The molecule has 2 N–H and O–H groups in total. The van der Waals surface area contributed by atoms with Crippen LogP contribution in [0.4, 0.5) is 5.69 Å². The predicted octanol–water partition coefficient (Wildman–Crippen LogP) is 2.39. The molecule has 0 aromatic heterocycles. The number of para-hydroxylation sites is 1. The second-order valence-corrected chi connectivity index (χ2v) is 6.22. The van der Waals surface area contributed by atoms with Gasteiger partial charge in [-0.2, -0.15) is 0 Å². The van der Waals surface area contributed by atoms with Crippen LogP contribution in [0.15, 0.2) is 48.5 Å². The summed E-state index contributed by atoms with van der Waals surface area (Å²) in [4.78, 5) is 25.9. The van der Waals surface area contributed by atoms with Gasteiger partial charge in [-0.3, -0.25) is 9.59 Å². The van der Waals surface area contributed by atoms with Crippen LogP contribution in [0.3, 0.4) is 0 Å². The molecule has 0 radical (unpaired) electrons. The average Bonchev–Trinajstić information content (AvgIpc) is 2.83. The Balaban J connectivity index is 1.69. The van der Waals surface area contributed by atoms with E-state index < -0.39 is 6.04 Å².